The highest BCUT2D eigenvalue weighted by molar-refractivity contribution is 7.85. The van der Waals surface area contributed by atoms with Crippen molar-refractivity contribution < 1.29 is 18.6 Å². The summed E-state index contributed by atoms with van der Waals surface area (Å²) in [6.45, 7) is 2.82. The minimum absolute atomic E-state index is 0.171. The molecule has 0 N–H and O–H groups in total. The molecule has 246 valence electrons. The molecule has 2 atom stereocenters. The van der Waals surface area contributed by atoms with Crippen molar-refractivity contribution >= 4 is 41.3 Å². The van der Waals surface area contributed by atoms with Gasteiger partial charge in [0.2, 0.25) is 0 Å². The van der Waals surface area contributed by atoms with Crippen LogP contribution in [0, 0.1) is 0 Å². The average Bonchev–Trinajstić information content (AvgIpc) is 3.39. The second kappa shape index (κ2) is 22.9. The molecule has 0 aliphatic rings. The first-order valence-corrected chi connectivity index (χ1v) is 19.0. The number of aliphatic imine (C=N–C) groups is 1. The molecule has 43 heavy (non-hydrogen) atoms. The number of unbranched alkanes of at least 4 members (excludes halogenated alkanes) is 13. The van der Waals surface area contributed by atoms with Crippen LogP contribution in [-0.2, 0) is 25.1 Å². The Bertz CT molecular complexity index is 1070. The van der Waals surface area contributed by atoms with Crippen LogP contribution in [0.3, 0.4) is 0 Å². The van der Waals surface area contributed by atoms with E-state index in [2.05, 4.69) is 26.9 Å². The predicted octanol–water partition coefficient (Wildman–Crippen LogP) is 8.75. The second-order valence-electron chi connectivity index (χ2n) is 11.6. The number of fused-ring (bicyclic) bond motifs is 1. The highest BCUT2D eigenvalue weighted by Gasteiger charge is 2.22. The number of hydrogen-bond donors (Lipinski definition) is 0. The van der Waals surface area contributed by atoms with Gasteiger partial charge < -0.3 is 23.5 Å². The Morgan fingerprint density at radius 3 is 2.14 bits per heavy atom. The number of rotatable bonds is 27. The van der Waals surface area contributed by atoms with Crippen LogP contribution >= 0.6 is 18.0 Å². The third kappa shape index (κ3) is 17.5. The number of aromatic nitrogens is 4. The maximum Gasteiger partial charge on any atom is 0.315 e. The minimum Gasteiger partial charge on any atom is -0.381 e. The molecule has 12 heteroatoms. The van der Waals surface area contributed by atoms with Crippen LogP contribution in [0.5, 0.6) is 0 Å². The van der Waals surface area contributed by atoms with Crippen molar-refractivity contribution in [3.05, 3.63) is 12.7 Å². The lowest BCUT2D eigenvalue weighted by Gasteiger charge is -2.17. The molecule has 0 amide bonds. The molecule has 0 saturated carbocycles. The summed E-state index contributed by atoms with van der Waals surface area (Å²) < 4.78 is 31.3. The predicted molar refractivity (Wildman–Crippen MR) is 178 cm³/mol. The molecular weight excluding hydrogens is 587 g/mol. The van der Waals surface area contributed by atoms with Gasteiger partial charge in [0, 0.05) is 27.3 Å². The summed E-state index contributed by atoms with van der Waals surface area (Å²) in [5.41, 5.74) is 1.25. The van der Waals surface area contributed by atoms with Gasteiger partial charge in [-0.2, -0.15) is 0 Å². The highest BCUT2D eigenvalue weighted by Crippen LogP contribution is 2.52. The molecule has 0 radical (unpaired) electrons. The van der Waals surface area contributed by atoms with E-state index in [0.29, 0.717) is 36.6 Å². The van der Waals surface area contributed by atoms with Crippen LogP contribution in [0.1, 0.15) is 110 Å². The van der Waals surface area contributed by atoms with Gasteiger partial charge in [-0.15, -0.1) is 0 Å². The third-order valence-electron chi connectivity index (χ3n) is 7.12. The summed E-state index contributed by atoms with van der Waals surface area (Å²) in [5, 5.41) is 0. The smallest absolute Gasteiger partial charge is 0.315 e. The molecule has 0 spiro atoms. The SMILES string of the molecule is CCCCCCCCCCCCCCCCOCCCOP(=O)(Cl)CO[C@H](C)Cn1cnc2c(/N=C\N(C)C)ncnc21. The largest absolute Gasteiger partial charge is 0.381 e. The van der Waals surface area contributed by atoms with Crippen LogP contribution in [0.2, 0.25) is 0 Å². The fraction of sp³-hybridized carbons (Fsp3) is 0.806. The standard InChI is InChI=1S/C31H56ClN6O4P/c1-5-6-7-8-9-10-11-12-13-14-15-16-17-18-20-40-21-19-22-42-43(32,39)27-41-28(2)23-38-26-35-29-30(36-25-37(3)4)33-24-34-31(29)38/h24-26,28H,5-23,27H2,1-4H3/b36-25-/t28-,43?/m1/s1. The first kappa shape index (κ1) is 37.6. The van der Waals surface area contributed by atoms with Gasteiger partial charge in [0.25, 0.3) is 0 Å². The summed E-state index contributed by atoms with van der Waals surface area (Å²) in [5.74, 6) is 0.494. The summed E-state index contributed by atoms with van der Waals surface area (Å²) >= 11 is 6.13. The molecule has 0 bridgehead atoms. The fourth-order valence-electron chi connectivity index (χ4n) is 4.71. The maximum atomic E-state index is 12.6. The molecular formula is C31H56ClN6O4P. The summed E-state index contributed by atoms with van der Waals surface area (Å²) in [6, 6.07) is 0. The van der Waals surface area contributed by atoms with Gasteiger partial charge in [0.15, 0.2) is 17.0 Å². The van der Waals surface area contributed by atoms with Crippen LogP contribution in [0.25, 0.3) is 11.2 Å². The van der Waals surface area contributed by atoms with E-state index in [4.69, 9.17) is 25.2 Å². The monoisotopic (exact) mass is 642 g/mol. The number of ether oxygens (including phenoxy) is 2. The third-order valence-corrected chi connectivity index (χ3v) is 8.73. The molecule has 2 rings (SSSR count). The molecule has 0 saturated heterocycles. The van der Waals surface area contributed by atoms with Crippen molar-refractivity contribution in [3.63, 3.8) is 0 Å². The fourth-order valence-corrected chi connectivity index (χ4v) is 6.00. The Hall–Kier alpha value is -1.58. The van der Waals surface area contributed by atoms with Crippen LogP contribution in [0.15, 0.2) is 17.6 Å². The van der Waals surface area contributed by atoms with Gasteiger partial charge >= 0.3 is 6.72 Å². The van der Waals surface area contributed by atoms with E-state index in [9.17, 15) is 4.57 Å². The van der Waals surface area contributed by atoms with Gasteiger partial charge in [-0.1, -0.05) is 90.4 Å². The topological polar surface area (TPSA) is 104 Å². The van der Waals surface area contributed by atoms with E-state index in [0.717, 1.165) is 13.0 Å². The maximum absolute atomic E-state index is 12.6. The zero-order valence-corrected chi connectivity index (χ0v) is 28.7. The normalized spacial score (nSPS) is 14.1. The van der Waals surface area contributed by atoms with Crippen LogP contribution in [-0.4, -0.2) is 77.1 Å². The van der Waals surface area contributed by atoms with Gasteiger partial charge in [0.05, 0.1) is 31.9 Å². The molecule has 2 aromatic rings. The summed E-state index contributed by atoms with van der Waals surface area (Å²) in [7, 11) is 3.77. The molecule has 2 heterocycles. The highest BCUT2D eigenvalue weighted by atomic mass is 35.7. The lowest BCUT2D eigenvalue weighted by molar-refractivity contribution is 0.0793. The van der Waals surface area contributed by atoms with Crippen molar-refractivity contribution in [1.82, 2.24) is 24.4 Å². The number of hydrogen-bond acceptors (Lipinski definition) is 8. The Labute approximate surface area is 264 Å². The molecule has 10 nitrogen and oxygen atoms in total. The van der Waals surface area contributed by atoms with Gasteiger partial charge in [-0.05, 0) is 31.0 Å². The Morgan fingerprint density at radius 2 is 1.51 bits per heavy atom. The van der Waals surface area contributed by atoms with E-state index in [1.165, 1.54) is 89.8 Å². The molecule has 2 aromatic heterocycles. The van der Waals surface area contributed by atoms with Crippen molar-refractivity contribution in [1.29, 1.82) is 0 Å². The zero-order valence-electron chi connectivity index (χ0n) is 27.1. The Kier molecular flexibility index (Phi) is 20.0. The van der Waals surface area contributed by atoms with E-state index < -0.39 is 6.72 Å². The lowest BCUT2D eigenvalue weighted by atomic mass is 10.0. The van der Waals surface area contributed by atoms with E-state index in [-0.39, 0.29) is 19.1 Å². The Morgan fingerprint density at radius 1 is 0.907 bits per heavy atom. The quantitative estimate of drug-likeness (QED) is 0.0412. The first-order valence-electron chi connectivity index (χ1n) is 16.3. The lowest BCUT2D eigenvalue weighted by Crippen LogP contribution is -2.17. The van der Waals surface area contributed by atoms with Crippen molar-refractivity contribution in [2.45, 2.75) is 123 Å². The van der Waals surface area contributed by atoms with Gasteiger partial charge in [0.1, 0.15) is 12.7 Å². The average molecular weight is 643 g/mol. The number of halogens is 1. The van der Waals surface area contributed by atoms with Crippen molar-refractivity contribution in [2.24, 2.45) is 4.99 Å². The van der Waals surface area contributed by atoms with Gasteiger partial charge in [-0.3, -0.25) is 4.57 Å². The van der Waals surface area contributed by atoms with E-state index >= 15 is 0 Å². The van der Waals surface area contributed by atoms with Gasteiger partial charge in [-0.25, -0.2) is 19.9 Å². The minimum atomic E-state index is -3.38. The van der Waals surface area contributed by atoms with Crippen LogP contribution < -0.4 is 0 Å². The molecule has 0 aliphatic heterocycles. The summed E-state index contributed by atoms with van der Waals surface area (Å²) in [4.78, 5) is 19.1. The summed E-state index contributed by atoms with van der Waals surface area (Å²) in [6.07, 6.45) is 23.8. The zero-order chi connectivity index (χ0) is 31.2. The molecule has 0 aliphatic carbocycles. The van der Waals surface area contributed by atoms with E-state index in [1.54, 1.807) is 12.7 Å². The van der Waals surface area contributed by atoms with Crippen molar-refractivity contribution in [3.8, 4) is 0 Å². The number of nitrogens with zero attached hydrogens (tertiary/aromatic N) is 6. The molecule has 0 fully saturated rings. The first-order chi connectivity index (χ1) is 20.8. The second-order valence-corrected chi connectivity index (χ2v) is 14.8. The van der Waals surface area contributed by atoms with E-state index in [1.807, 2.05) is 30.5 Å². The van der Waals surface area contributed by atoms with Crippen molar-refractivity contribution in [2.75, 3.05) is 40.3 Å². The van der Waals surface area contributed by atoms with Crippen LogP contribution in [0.4, 0.5) is 5.82 Å². The molecule has 0 aromatic carbocycles. The Balaban J connectivity index is 1.46. The number of imidazole rings is 1. The molecule has 1 unspecified atom stereocenters.